The van der Waals surface area contributed by atoms with Crippen LogP contribution >= 0.6 is 0 Å². The number of nitrogens with zero attached hydrogens (tertiary/aromatic N) is 1. The van der Waals surface area contributed by atoms with Gasteiger partial charge in [0.15, 0.2) is 11.6 Å². The molecule has 8 heteroatoms. The second-order valence-corrected chi connectivity index (χ2v) is 8.25. The molecule has 2 aliphatic rings. The fourth-order valence-electron chi connectivity index (χ4n) is 4.56. The summed E-state index contributed by atoms with van der Waals surface area (Å²) >= 11 is 0. The van der Waals surface area contributed by atoms with Gasteiger partial charge >= 0.3 is 6.18 Å². The Labute approximate surface area is 178 Å². The van der Waals surface area contributed by atoms with Crippen LogP contribution in [0.2, 0.25) is 0 Å². The van der Waals surface area contributed by atoms with Crippen molar-refractivity contribution < 1.29 is 27.0 Å². The van der Waals surface area contributed by atoms with Crippen molar-refractivity contribution >= 4 is 0 Å². The lowest BCUT2D eigenvalue weighted by Crippen LogP contribution is -2.50. The lowest BCUT2D eigenvalue weighted by molar-refractivity contribution is -0.151. The van der Waals surface area contributed by atoms with Crippen molar-refractivity contribution in [1.29, 1.82) is 0 Å². The summed E-state index contributed by atoms with van der Waals surface area (Å²) < 4.78 is 65.9. The highest BCUT2D eigenvalue weighted by Crippen LogP contribution is 2.51. The third-order valence-corrected chi connectivity index (χ3v) is 6.34. The number of para-hydroxylation sites is 1. The Morgan fingerprint density at radius 3 is 2.35 bits per heavy atom. The summed E-state index contributed by atoms with van der Waals surface area (Å²) in [5.74, 6) is -1.81. The number of halogens is 4. The maximum Gasteiger partial charge on any atom is 0.416 e. The number of ether oxygens (including phenoxy) is 2. The first-order valence-corrected chi connectivity index (χ1v) is 10.5. The predicted octanol–water partition coefficient (Wildman–Crippen LogP) is 4.92. The minimum atomic E-state index is -4.44. The number of likely N-dealkylation sites (tertiary alicyclic amines) is 1. The van der Waals surface area contributed by atoms with Crippen LogP contribution in [-0.4, -0.2) is 30.6 Å². The van der Waals surface area contributed by atoms with Crippen molar-refractivity contribution in [3.05, 3.63) is 59.4 Å². The van der Waals surface area contributed by atoms with E-state index in [1.807, 2.05) is 0 Å². The van der Waals surface area contributed by atoms with Gasteiger partial charge in [-0.2, -0.15) is 13.2 Å². The Kier molecular flexibility index (Phi) is 5.87. The van der Waals surface area contributed by atoms with E-state index < -0.39 is 23.3 Å². The van der Waals surface area contributed by atoms with Gasteiger partial charge in [0.05, 0.1) is 5.56 Å². The number of alkyl halides is 3. The molecule has 2 aliphatic heterocycles. The van der Waals surface area contributed by atoms with Crippen LogP contribution in [0.25, 0.3) is 0 Å². The van der Waals surface area contributed by atoms with Gasteiger partial charge in [0.2, 0.25) is 5.75 Å². The number of fused-ring (bicyclic) bond motifs is 1. The van der Waals surface area contributed by atoms with E-state index in [1.54, 1.807) is 6.07 Å². The van der Waals surface area contributed by atoms with Gasteiger partial charge in [-0.1, -0.05) is 18.2 Å². The van der Waals surface area contributed by atoms with E-state index in [1.165, 1.54) is 24.3 Å². The molecule has 0 amide bonds. The quantitative estimate of drug-likeness (QED) is 0.674. The van der Waals surface area contributed by atoms with Crippen LogP contribution in [0.5, 0.6) is 11.5 Å². The third-order valence-electron chi connectivity index (χ3n) is 6.34. The molecule has 0 aliphatic carbocycles. The second kappa shape index (κ2) is 8.31. The summed E-state index contributed by atoms with van der Waals surface area (Å²) in [6.07, 6.45) is -2.15. The van der Waals surface area contributed by atoms with E-state index in [2.05, 4.69) is 11.8 Å². The molecule has 0 aromatic heterocycles. The lowest BCUT2D eigenvalue weighted by Gasteiger charge is -2.42. The van der Waals surface area contributed by atoms with Gasteiger partial charge in [-0.25, -0.2) is 4.39 Å². The highest BCUT2D eigenvalue weighted by atomic mass is 19.4. The minimum Gasteiger partial charge on any atom is -0.444 e. The largest absolute Gasteiger partial charge is 0.444 e. The van der Waals surface area contributed by atoms with Crippen molar-refractivity contribution in [2.24, 2.45) is 11.7 Å². The smallest absolute Gasteiger partial charge is 0.416 e. The van der Waals surface area contributed by atoms with Gasteiger partial charge in [0.1, 0.15) is 0 Å². The molecule has 2 heterocycles. The Hall–Kier alpha value is -2.32. The molecule has 0 spiro atoms. The number of piperidine rings is 1. The third kappa shape index (κ3) is 4.11. The summed E-state index contributed by atoms with van der Waals surface area (Å²) in [6.45, 7) is 4.30. The highest BCUT2D eigenvalue weighted by molar-refractivity contribution is 5.46. The van der Waals surface area contributed by atoms with Gasteiger partial charge in [-0.15, -0.1) is 0 Å². The highest BCUT2D eigenvalue weighted by Gasteiger charge is 2.52. The average Bonchev–Trinajstić information content (AvgIpc) is 3.16. The average molecular weight is 438 g/mol. The molecule has 168 valence electrons. The molecule has 1 saturated heterocycles. The molecule has 1 fully saturated rings. The minimum absolute atomic E-state index is 0.00123. The van der Waals surface area contributed by atoms with Crippen molar-refractivity contribution in [2.75, 3.05) is 19.6 Å². The van der Waals surface area contributed by atoms with Crippen LogP contribution in [0, 0.1) is 11.7 Å². The topological polar surface area (TPSA) is 47.7 Å². The summed E-state index contributed by atoms with van der Waals surface area (Å²) in [6, 6.07) is 9.53. The summed E-state index contributed by atoms with van der Waals surface area (Å²) in [7, 11) is 0. The van der Waals surface area contributed by atoms with E-state index in [0.29, 0.717) is 31.0 Å². The Morgan fingerprint density at radius 1 is 1.10 bits per heavy atom. The van der Waals surface area contributed by atoms with Crippen molar-refractivity contribution in [1.82, 2.24) is 4.90 Å². The zero-order valence-electron chi connectivity index (χ0n) is 17.3. The van der Waals surface area contributed by atoms with Gasteiger partial charge in [0.25, 0.3) is 5.79 Å². The summed E-state index contributed by atoms with van der Waals surface area (Å²) in [4.78, 5) is 2.34. The molecule has 31 heavy (non-hydrogen) atoms. The number of rotatable bonds is 5. The normalized spacial score (nSPS) is 23.2. The van der Waals surface area contributed by atoms with E-state index in [4.69, 9.17) is 15.2 Å². The van der Waals surface area contributed by atoms with Crippen LogP contribution < -0.4 is 15.2 Å². The fraction of sp³-hybridized carbons (Fsp3) is 0.478. The van der Waals surface area contributed by atoms with Gasteiger partial charge in [0, 0.05) is 17.5 Å². The molecule has 2 atom stereocenters. The number of hydrogen-bond donors (Lipinski definition) is 1. The van der Waals surface area contributed by atoms with Crippen LogP contribution in [0.15, 0.2) is 42.5 Å². The van der Waals surface area contributed by atoms with E-state index in [9.17, 15) is 17.6 Å². The molecular weight excluding hydrogens is 412 g/mol. The SMILES string of the molecule is CC(CCN)N1CCC(C2(c3ccc(C(F)(F)F)cc3)Oc3cccc(F)c3O2)CC1. The molecule has 2 aromatic rings. The second-order valence-electron chi connectivity index (χ2n) is 8.25. The molecule has 2 aromatic carbocycles. The van der Waals surface area contributed by atoms with Crippen molar-refractivity contribution in [3.63, 3.8) is 0 Å². The molecule has 4 nitrogen and oxygen atoms in total. The number of hydrogen-bond acceptors (Lipinski definition) is 4. The van der Waals surface area contributed by atoms with E-state index in [-0.39, 0.29) is 17.4 Å². The van der Waals surface area contributed by atoms with Crippen LogP contribution in [0.3, 0.4) is 0 Å². The Balaban J connectivity index is 1.65. The Morgan fingerprint density at radius 2 is 1.77 bits per heavy atom. The molecule has 2 unspecified atom stereocenters. The molecular formula is C23H26F4N2O2. The first-order chi connectivity index (χ1) is 14.7. The molecule has 0 radical (unpaired) electrons. The van der Waals surface area contributed by atoms with Crippen molar-refractivity contribution in [2.45, 2.75) is 44.2 Å². The van der Waals surface area contributed by atoms with Gasteiger partial charge in [-0.05, 0) is 70.1 Å². The maximum atomic E-state index is 14.4. The maximum absolute atomic E-state index is 14.4. The zero-order valence-corrected chi connectivity index (χ0v) is 17.3. The molecule has 4 rings (SSSR count). The lowest BCUT2D eigenvalue weighted by atomic mass is 9.83. The van der Waals surface area contributed by atoms with E-state index in [0.717, 1.165) is 31.6 Å². The van der Waals surface area contributed by atoms with Crippen molar-refractivity contribution in [3.8, 4) is 11.5 Å². The van der Waals surface area contributed by atoms with Crippen LogP contribution in [0.4, 0.5) is 17.6 Å². The van der Waals surface area contributed by atoms with Gasteiger partial charge in [-0.3, -0.25) is 0 Å². The van der Waals surface area contributed by atoms with Crippen LogP contribution in [0.1, 0.15) is 37.3 Å². The summed E-state index contributed by atoms with van der Waals surface area (Å²) in [5, 5.41) is 0. The Bertz CT molecular complexity index is 911. The first kappa shape index (κ1) is 21.9. The molecule has 0 bridgehead atoms. The number of nitrogens with two attached hydrogens (primary N) is 1. The zero-order chi connectivity index (χ0) is 22.2. The van der Waals surface area contributed by atoms with E-state index >= 15 is 0 Å². The molecule has 2 N–H and O–H groups in total. The number of benzene rings is 2. The predicted molar refractivity (Wildman–Crippen MR) is 108 cm³/mol. The van der Waals surface area contributed by atoms with Crippen LogP contribution in [-0.2, 0) is 12.0 Å². The fourth-order valence-corrected chi connectivity index (χ4v) is 4.56. The monoisotopic (exact) mass is 438 g/mol. The standard InChI is InChI=1S/C23H26F4N2O2/c1-15(9-12-28)29-13-10-17(11-14-29)22(16-5-7-18(8-6-16)23(25,26)27)30-20-4-2-3-19(24)21(20)31-22/h2-8,15,17H,9-14,28H2,1H3. The summed E-state index contributed by atoms with van der Waals surface area (Å²) in [5.41, 5.74) is 5.38. The van der Waals surface area contributed by atoms with Gasteiger partial charge < -0.3 is 20.1 Å². The molecule has 0 saturated carbocycles. The first-order valence-electron chi connectivity index (χ1n) is 10.5.